The summed E-state index contributed by atoms with van der Waals surface area (Å²) in [5.74, 6) is -1.08. The number of carbonyl (C=O) groups excluding carboxylic acids is 1. The number of hydrogen-bond acceptors (Lipinski definition) is 8. The Morgan fingerprint density at radius 2 is 0.585 bits per heavy atom. The van der Waals surface area contributed by atoms with Gasteiger partial charge >= 0.3 is 48.2 Å². The van der Waals surface area contributed by atoms with Crippen molar-refractivity contribution in [1.82, 2.24) is 0 Å². The quantitative estimate of drug-likeness (QED) is 0.0809. The van der Waals surface area contributed by atoms with Crippen molar-refractivity contribution in [2.24, 2.45) is 0 Å². The normalized spacial score (nSPS) is 5.29. The summed E-state index contributed by atoms with van der Waals surface area (Å²) in [5, 5.41) is 15.9. The summed E-state index contributed by atoms with van der Waals surface area (Å²) in [7, 11) is -7.71. The molecule has 0 aliphatic heterocycles. The topological polar surface area (TPSA) is 184 Å². The standard InChI is InChI=1S/C2H4O2.13C2H6.Na.HO4P.H2O4S.H2/c1-2(3)4;13*1-2;;1-4-5(2)3;1-5(2,3)4;/h1H3,(H,3,4);13*1-2H3;;1H;(H2,1,2,3,4);1H/q;;;;;;;;;;;;;;+1;;;/p-1. The van der Waals surface area contributed by atoms with Gasteiger partial charge in [-0.25, -0.2) is 5.26 Å². The zero-order valence-corrected chi connectivity index (χ0v) is 37.3. The molecule has 0 aliphatic carbocycles. The molecule has 0 radical (unpaired) electrons. The summed E-state index contributed by atoms with van der Waals surface area (Å²) in [5.41, 5.74) is 0. The van der Waals surface area contributed by atoms with Gasteiger partial charge in [-0.3, -0.25) is 9.11 Å². The molecule has 0 aromatic heterocycles. The molecule has 10 nitrogen and oxygen atoms in total. The predicted octanol–water partition coefficient (Wildman–Crippen LogP) is 8.19. The van der Waals surface area contributed by atoms with Crippen LogP contribution in [0.1, 0.15) is 188 Å². The van der Waals surface area contributed by atoms with Crippen LogP contribution in [0.3, 0.4) is 0 Å². The van der Waals surface area contributed by atoms with Crippen LogP contribution in [-0.2, 0) is 24.4 Å². The fourth-order valence-electron chi connectivity index (χ4n) is 0. The molecule has 0 amide bonds. The van der Waals surface area contributed by atoms with E-state index >= 15 is 0 Å². The van der Waals surface area contributed by atoms with E-state index in [9.17, 15) is 0 Å². The summed E-state index contributed by atoms with van der Waals surface area (Å²) in [6, 6.07) is 0. The number of aliphatic carboxylic acids is 1. The van der Waals surface area contributed by atoms with E-state index < -0.39 is 24.6 Å². The molecule has 0 aromatic rings. The smallest absolute Gasteiger partial charge is 0.565 e. The zero-order valence-electron chi connectivity index (χ0n) is 33.6. The predicted molar refractivity (Wildman–Crippen MR) is 186 cm³/mol. The summed E-state index contributed by atoms with van der Waals surface area (Å²) in [6.07, 6.45) is 0. The van der Waals surface area contributed by atoms with Gasteiger partial charge in [0.05, 0.1) is 0 Å². The van der Waals surface area contributed by atoms with Crippen molar-refractivity contribution >= 4 is 24.6 Å². The third-order valence-corrected chi connectivity index (χ3v) is 0.200. The molecule has 0 aliphatic rings. The van der Waals surface area contributed by atoms with Crippen LogP contribution in [0.5, 0.6) is 0 Å². The van der Waals surface area contributed by atoms with E-state index in [2.05, 4.69) is 4.67 Å². The number of carbonyl (C=O) groups is 1. The Kier molecular flexibility index (Phi) is 973. The average molecular weight is 669 g/mol. The van der Waals surface area contributed by atoms with Crippen LogP contribution in [0.15, 0.2) is 0 Å². The molecule has 0 rings (SSSR count). The van der Waals surface area contributed by atoms with E-state index in [0.29, 0.717) is 0 Å². The van der Waals surface area contributed by atoms with Crippen LogP contribution in [0.25, 0.3) is 0 Å². The average Bonchev–Trinajstić information content (AvgIpc) is 3.05. The van der Waals surface area contributed by atoms with E-state index in [4.69, 9.17) is 42.1 Å². The second-order valence-electron chi connectivity index (χ2n) is 1.24. The zero-order chi connectivity index (χ0) is 38.4. The van der Waals surface area contributed by atoms with Crippen molar-refractivity contribution in [1.29, 1.82) is 0 Å². The van der Waals surface area contributed by atoms with Crippen LogP contribution in [-0.4, -0.2) is 28.7 Å². The summed E-state index contributed by atoms with van der Waals surface area (Å²) in [4.78, 5) is 17.8. The van der Waals surface area contributed by atoms with E-state index in [0.717, 1.165) is 6.92 Å². The maximum Gasteiger partial charge on any atom is 1.00 e. The molecule has 0 saturated carbocycles. The summed E-state index contributed by atoms with van der Waals surface area (Å²) < 4.78 is 43.2. The SMILES string of the molecule is CC.CC.CC.CC.CC.CC.CC.CC.CC.CC.CC.CC.CC.CC(=O)[O-].O=S(=O)(O)O.O=[P+]([O-])OO.[HH].[Na+]. The van der Waals surface area contributed by atoms with Gasteiger partial charge in [0.25, 0.3) is 0 Å². The Hall–Kier alpha value is 0.320. The first kappa shape index (κ1) is 114. The monoisotopic (exact) mass is 669 g/mol. The van der Waals surface area contributed by atoms with Gasteiger partial charge in [-0.1, -0.05) is 180 Å². The molecule has 13 heteroatoms. The molecular formula is C28H86NaO10PS. The molecule has 1 atom stereocenters. The second-order valence-corrected chi connectivity index (χ2v) is 2.75. The van der Waals surface area contributed by atoms with E-state index in [1.807, 2.05) is 180 Å². The minimum atomic E-state index is -4.67. The minimum absolute atomic E-state index is 0. The Labute approximate surface area is 288 Å². The molecule has 0 fully saturated rings. The third kappa shape index (κ3) is 11000. The van der Waals surface area contributed by atoms with Gasteiger partial charge in [0, 0.05) is 12.1 Å². The summed E-state index contributed by atoms with van der Waals surface area (Å²) >= 11 is 0. The molecule has 41 heavy (non-hydrogen) atoms. The third-order valence-electron chi connectivity index (χ3n) is 0.0667. The van der Waals surface area contributed by atoms with Gasteiger partial charge in [0.2, 0.25) is 0 Å². The Balaban J connectivity index is -0.00000000930. The maximum absolute atomic E-state index is 8.93. The Morgan fingerprint density at radius 3 is 0.585 bits per heavy atom. The molecule has 0 heterocycles. The number of carboxylic acid groups (broad SMARTS) is 1. The first-order valence-corrected chi connectivity index (χ1v) is 17.8. The molecule has 0 bridgehead atoms. The van der Waals surface area contributed by atoms with Crippen molar-refractivity contribution in [3.05, 3.63) is 0 Å². The van der Waals surface area contributed by atoms with Gasteiger partial charge in [0.15, 0.2) is 0 Å². The molecule has 3 N–H and O–H groups in total. The fraction of sp³-hybridized carbons (Fsp3) is 0.964. The first-order chi connectivity index (χ1) is 19.0. The van der Waals surface area contributed by atoms with Crippen molar-refractivity contribution in [2.75, 3.05) is 0 Å². The maximum atomic E-state index is 8.93. The van der Waals surface area contributed by atoms with E-state index in [1.54, 1.807) is 0 Å². The molecule has 0 aromatic carbocycles. The Bertz CT molecular complexity index is 282. The second kappa shape index (κ2) is 351. The van der Waals surface area contributed by atoms with Gasteiger partial charge in [0.1, 0.15) is 0 Å². The van der Waals surface area contributed by atoms with E-state index in [-0.39, 0.29) is 31.0 Å². The number of carboxylic acids is 1. The largest absolute Gasteiger partial charge is 1.00 e. The molecule has 0 saturated heterocycles. The van der Waals surface area contributed by atoms with Crippen LogP contribution < -0.4 is 39.6 Å². The van der Waals surface area contributed by atoms with Gasteiger partial charge in [-0.2, -0.15) is 8.42 Å². The first-order valence-electron chi connectivity index (χ1n) is 15.3. The fourth-order valence-corrected chi connectivity index (χ4v) is 0. The van der Waals surface area contributed by atoms with Gasteiger partial charge in [-0.15, -0.1) is 0 Å². The minimum Gasteiger partial charge on any atom is -0.565 e. The van der Waals surface area contributed by atoms with Crippen molar-refractivity contribution in [3.63, 3.8) is 0 Å². The molecule has 1 unspecified atom stereocenters. The van der Waals surface area contributed by atoms with Crippen molar-refractivity contribution < 1.29 is 77.8 Å². The van der Waals surface area contributed by atoms with Gasteiger partial charge in [-0.05, 0) is 11.5 Å². The Morgan fingerprint density at radius 1 is 0.561 bits per heavy atom. The van der Waals surface area contributed by atoms with Crippen LogP contribution in [0, 0.1) is 0 Å². The van der Waals surface area contributed by atoms with Crippen LogP contribution >= 0.6 is 8.25 Å². The number of rotatable bonds is 1. The molecular weight excluding hydrogens is 582 g/mol. The van der Waals surface area contributed by atoms with Crippen molar-refractivity contribution in [2.45, 2.75) is 187 Å². The summed E-state index contributed by atoms with van der Waals surface area (Å²) in [6.45, 7) is 53.0. The molecule has 270 valence electrons. The van der Waals surface area contributed by atoms with Gasteiger partial charge < -0.3 is 14.8 Å². The van der Waals surface area contributed by atoms with Crippen LogP contribution in [0.2, 0.25) is 0 Å². The van der Waals surface area contributed by atoms with E-state index in [1.165, 1.54) is 0 Å². The molecule has 0 spiro atoms. The van der Waals surface area contributed by atoms with Crippen molar-refractivity contribution in [3.8, 4) is 0 Å². The number of hydrogen-bond donors (Lipinski definition) is 3. The van der Waals surface area contributed by atoms with Crippen LogP contribution in [0.4, 0.5) is 0 Å².